The Morgan fingerprint density at radius 3 is 2.92 bits per heavy atom. The first kappa shape index (κ1) is 17.8. The summed E-state index contributed by atoms with van der Waals surface area (Å²) >= 11 is 4.30. The molecule has 1 aliphatic heterocycles. The van der Waals surface area contributed by atoms with E-state index in [1.165, 1.54) is 12.8 Å². The number of thiol groups is 1. The van der Waals surface area contributed by atoms with Gasteiger partial charge in [0.1, 0.15) is 16.5 Å². The molecule has 24 heavy (non-hydrogen) atoms. The van der Waals surface area contributed by atoms with Gasteiger partial charge in [-0.1, -0.05) is 32.1 Å². The third-order valence-corrected chi connectivity index (χ3v) is 6.93. The Hall–Kier alpha value is -0.960. The van der Waals surface area contributed by atoms with Gasteiger partial charge in [0, 0.05) is 18.8 Å². The molecular weight excluding hydrogens is 316 g/mol. The van der Waals surface area contributed by atoms with E-state index in [2.05, 4.69) is 50.8 Å². The summed E-state index contributed by atoms with van der Waals surface area (Å²) in [5.74, 6) is 1.51. The molecule has 0 N–H and O–H groups in total. The zero-order valence-electron chi connectivity index (χ0n) is 15.0. The lowest BCUT2D eigenvalue weighted by Gasteiger charge is -2.39. The summed E-state index contributed by atoms with van der Waals surface area (Å²) in [5.41, 5.74) is 0.0368. The van der Waals surface area contributed by atoms with Crippen molar-refractivity contribution < 1.29 is 9.53 Å². The molecule has 3 heteroatoms. The molecule has 0 bridgehead atoms. The fourth-order valence-electron chi connectivity index (χ4n) is 4.96. The first-order valence-corrected chi connectivity index (χ1v) is 9.89. The van der Waals surface area contributed by atoms with Crippen LogP contribution in [0, 0.1) is 17.3 Å². The van der Waals surface area contributed by atoms with Crippen molar-refractivity contribution in [2.45, 2.75) is 70.8 Å². The van der Waals surface area contributed by atoms with E-state index >= 15 is 0 Å². The molecule has 0 aromatic rings. The molecule has 1 heterocycles. The maximum atomic E-state index is 12.2. The monoisotopic (exact) mass is 346 g/mol. The highest BCUT2D eigenvalue weighted by Crippen LogP contribution is 2.55. The topological polar surface area (TPSA) is 26.3 Å². The van der Waals surface area contributed by atoms with Gasteiger partial charge in [0.15, 0.2) is 0 Å². The van der Waals surface area contributed by atoms with Crippen molar-refractivity contribution in [3.05, 3.63) is 35.5 Å². The number of hydrogen-bond acceptors (Lipinski definition) is 3. The smallest absolute Gasteiger partial charge is 0.147 e. The van der Waals surface area contributed by atoms with Crippen LogP contribution < -0.4 is 0 Å². The predicted octanol–water partition coefficient (Wildman–Crippen LogP) is 5.61. The summed E-state index contributed by atoms with van der Waals surface area (Å²) in [6, 6.07) is 0. The van der Waals surface area contributed by atoms with E-state index in [1.807, 2.05) is 6.08 Å². The largest absolute Gasteiger partial charge is 0.477 e. The summed E-state index contributed by atoms with van der Waals surface area (Å²) in [5, 5.41) is 0.734. The SMILES string of the molecule is CCC1(/C=C/C=C/CC2CCC3C(=O)CCCC23C)CC=C(S)O1. The predicted molar refractivity (Wildman–Crippen MR) is 102 cm³/mol. The molecule has 2 aliphatic carbocycles. The van der Waals surface area contributed by atoms with Crippen molar-refractivity contribution in [2.24, 2.45) is 17.3 Å². The van der Waals surface area contributed by atoms with E-state index in [0.29, 0.717) is 17.6 Å². The molecule has 2 saturated carbocycles. The van der Waals surface area contributed by atoms with Gasteiger partial charge in [-0.15, -0.1) is 12.6 Å². The van der Waals surface area contributed by atoms with Crippen LogP contribution in [0.15, 0.2) is 35.5 Å². The molecule has 0 spiro atoms. The van der Waals surface area contributed by atoms with Crippen molar-refractivity contribution in [2.75, 3.05) is 0 Å². The molecule has 0 saturated heterocycles. The number of Topliss-reactive ketones (excluding diaryl/α,β-unsaturated/α-hetero) is 1. The number of ether oxygens (including phenoxy) is 1. The fourth-order valence-corrected chi connectivity index (χ4v) is 5.24. The van der Waals surface area contributed by atoms with Crippen molar-refractivity contribution in [3.63, 3.8) is 0 Å². The number of fused-ring (bicyclic) bond motifs is 1. The maximum absolute atomic E-state index is 12.2. The van der Waals surface area contributed by atoms with Crippen molar-refractivity contribution in [1.82, 2.24) is 0 Å². The molecule has 4 atom stereocenters. The maximum Gasteiger partial charge on any atom is 0.147 e. The van der Waals surface area contributed by atoms with Gasteiger partial charge in [-0.25, -0.2) is 0 Å². The summed E-state index contributed by atoms with van der Waals surface area (Å²) in [6.45, 7) is 4.50. The van der Waals surface area contributed by atoms with Gasteiger partial charge in [-0.05, 0) is 62.0 Å². The lowest BCUT2D eigenvalue weighted by Crippen LogP contribution is -2.37. The highest BCUT2D eigenvalue weighted by atomic mass is 32.1. The average molecular weight is 347 g/mol. The van der Waals surface area contributed by atoms with E-state index < -0.39 is 0 Å². The van der Waals surface area contributed by atoms with Crippen LogP contribution in [0.3, 0.4) is 0 Å². The molecule has 0 aromatic carbocycles. The Morgan fingerprint density at radius 1 is 1.38 bits per heavy atom. The number of carbonyl (C=O) groups excluding carboxylic acids is 1. The normalized spacial score (nSPS) is 39.5. The minimum atomic E-state index is -0.207. The van der Waals surface area contributed by atoms with Gasteiger partial charge in [-0.2, -0.15) is 0 Å². The molecular formula is C21H30O2S. The zero-order valence-corrected chi connectivity index (χ0v) is 15.9. The van der Waals surface area contributed by atoms with Crippen molar-refractivity contribution in [3.8, 4) is 0 Å². The second-order valence-corrected chi connectivity index (χ2v) is 8.38. The molecule has 4 unspecified atom stereocenters. The van der Waals surface area contributed by atoms with Gasteiger partial charge in [0.25, 0.3) is 0 Å². The quantitative estimate of drug-likeness (QED) is 0.517. The van der Waals surface area contributed by atoms with Crippen LogP contribution in [0.1, 0.15) is 65.2 Å². The molecule has 0 aromatic heterocycles. The Kier molecular flexibility index (Phi) is 5.29. The Balaban J connectivity index is 1.55. The summed E-state index contributed by atoms with van der Waals surface area (Å²) in [6.07, 6.45) is 19.1. The Labute approximate surface area is 151 Å². The number of allylic oxidation sites excluding steroid dienone is 3. The first-order valence-electron chi connectivity index (χ1n) is 9.44. The van der Waals surface area contributed by atoms with Gasteiger partial charge in [-0.3, -0.25) is 4.79 Å². The van der Waals surface area contributed by atoms with E-state index in [9.17, 15) is 4.79 Å². The third kappa shape index (κ3) is 3.37. The summed E-state index contributed by atoms with van der Waals surface area (Å²) < 4.78 is 5.84. The number of ketones is 1. The highest BCUT2D eigenvalue weighted by molar-refractivity contribution is 7.84. The van der Waals surface area contributed by atoms with Gasteiger partial charge in [0.05, 0.1) is 0 Å². The fraction of sp³-hybridized carbons (Fsp3) is 0.667. The van der Waals surface area contributed by atoms with E-state index in [0.717, 1.165) is 43.6 Å². The van der Waals surface area contributed by atoms with Crippen LogP contribution in [0.5, 0.6) is 0 Å². The zero-order chi connectivity index (χ0) is 17.2. The van der Waals surface area contributed by atoms with Crippen LogP contribution in [-0.4, -0.2) is 11.4 Å². The Morgan fingerprint density at radius 2 is 2.21 bits per heavy atom. The molecule has 0 radical (unpaired) electrons. The number of rotatable bonds is 5. The molecule has 2 fully saturated rings. The number of hydrogen-bond donors (Lipinski definition) is 1. The van der Waals surface area contributed by atoms with Crippen molar-refractivity contribution in [1.29, 1.82) is 0 Å². The second kappa shape index (κ2) is 7.11. The first-order chi connectivity index (χ1) is 11.5. The summed E-state index contributed by atoms with van der Waals surface area (Å²) in [4.78, 5) is 12.2. The van der Waals surface area contributed by atoms with Gasteiger partial charge < -0.3 is 4.74 Å². The lowest BCUT2D eigenvalue weighted by atomic mass is 9.64. The number of carbonyl (C=O) groups is 1. The second-order valence-electron chi connectivity index (χ2n) is 7.94. The molecule has 3 aliphatic rings. The standard InChI is InChI=1S/C21H30O2S/c1-3-21(15-12-19(24)23-21)14-6-4-5-8-16-10-11-17-18(22)9-7-13-20(16,17)2/h4-6,12,14,16-17,24H,3,7-11,13,15H2,1-2H3/b5-4+,14-6+. The summed E-state index contributed by atoms with van der Waals surface area (Å²) in [7, 11) is 0. The molecule has 0 amide bonds. The lowest BCUT2D eigenvalue weighted by molar-refractivity contribution is -0.129. The van der Waals surface area contributed by atoms with Crippen LogP contribution in [0.25, 0.3) is 0 Å². The van der Waals surface area contributed by atoms with Crippen LogP contribution in [-0.2, 0) is 9.53 Å². The van der Waals surface area contributed by atoms with Crippen LogP contribution >= 0.6 is 12.6 Å². The molecule has 3 rings (SSSR count). The van der Waals surface area contributed by atoms with Gasteiger partial charge in [0.2, 0.25) is 0 Å². The minimum absolute atomic E-state index is 0.207. The Bertz CT molecular complexity index is 576. The third-order valence-electron chi connectivity index (χ3n) is 6.66. The molecule has 2 nitrogen and oxygen atoms in total. The van der Waals surface area contributed by atoms with E-state index in [-0.39, 0.29) is 11.0 Å². The van der Waals surface area contributed by atoms with Gasteiger partial charge >= 0.3 is 0 Å². The van der Waals surface area contributed by atoms with Crippen molar-refractivity contribution >= 4 is 18.4 Å². The minimum Gasteiger partial charge on any atom is -0.477 e. The average Bonchev–Trinajstić information content (AvgIpc) is 3.09. The molecule has 132 valence electrons. The van der Waals surface area contributed by atoms with E-state index in [4.69, 9.17) is 4.74 Å². The van der Waals surface area contributed by atoms with E-state index in [1.54, 1.807) is 0 Å². The van der Waals surface area contributed by atoms with Crippen LogP contribution in [0.2, 0.25) is 0 Å². The van der Waals surface area contributed by atoms with Crippen LogP contribution in [0.4, 0.5) is 0 Å². The highest BCUT2D eigenvalue weighted by Gasteiger charge is 2.50.